The van der Waals surface area contributed by atoms with Crippen LogP contribution in [-0.2, 0) is 25.4 Å². The van der Waals surface area contributed by atoms with Crippen molar-refractivity contribution in [1.82, 2.24) is 49.0 Å². The second kappa shape index (κ2) is 15.4. The number of aromatic nitrogens is 8. The van der Waals surface area contributed by atoms with Gasteiger partial charge in [0.2, 0.25) is 0 Å². The van der Waals surface area contributed by atoms with E-state index in [2.05, 4.69) is 30.8 Å². The number of aryl methyl sites for hydroxylation is 2. The largest absolute Gasteiger partial charge is 0.435 e. The first-order valence-electron chi connectivity index (χ1n) is 18.3. The minimum Gasteiger partial charge on any atom is -0.351 e. The Hall–Kier alpha value is -5.38. The second-order valence-electron chi connectivity index (χ2n) is 13.9. The van der Waals surface area contributed by atoms with Gasteiger partial charge in [-0.1, -0.05) is 0 Å². The van der Waals surface area contributed by atoms with Crippen LogP contribution in [0.5, 0.6) is 0 Å². The van der Waals surface area contributed by atoms with E-state index in [4.69, 9.17) is 0 Å². The average Bonchev–Trinajstić information content (AvgIpc) is 4.00. The van der Waals surface area contributed by atoms with Crippen LogP contribution in [0.15, 0.2) is 33.9 Å². The molecule has 0 atom stereocenters. The monoisotopic (exact) mass is 850 g/mol. The highest BCUT2D eigenvalue weighted by molar-refractivity contribution is 7.17. The highest BCUT2D eigenvalue weighted by Gasteiger charge is 2.39. The van der Waals surface area contributed by atoms with Gasteiger partial charge >= 0.3 is 12.4 Å². The van der Waals surface area contributed by atoms with Gasteiger partial charge in [0.1, 0.15) is 17.1 Å². The van der Waals surface area contributed by atoms with Gasteiger partial charge in [-0.05, 0) is 65.5 Å². The summed E-state index contributed by atoms with van der Waals surface area (Å²) in [6.45, 7) is 7.45. The Morgan fingerprint density at radius 1 is 0.707 bits per heavy atom. The number of amides is 2. The Morgan fingerprint density at radius 2 is 1.19 bits per heavy atom. The number of nitrogens with one attached hydrogen (secondary N) is 2. The Kier molecular flexibility index (Phi) is 10.8. The summed E-state index contributed by atoms with van der Waals surface area (Å²) in [6, 6.07) is 4.55. The smallest absolute Gasteiger partial charge is 0.351 e. The van der Waals surface area contributed by atoms with E-state index in [-0.39, 0.29) is 52.9 Å². The van der Waals surface area contributed by atoms with Crippen molar-refractivity contribution >= 4 is 44.4 Å². The van der Waals surface area contributed by atoms with Crippen LogP contribution in [-0.4, -0.2) is 63.2 Å². The molecule has 2 fully saturated rings. The van der Waals surface area contributed by atoms with Crippen LogP contribution in [0.3, 0.4) is 0 Å². The predicted octanol–water partition coefficient (Wildman–Crippen LogP) is 5.91. The van der Waals surface area contributed by atoms with Crippen LogP contribution in [0.2, 0.25) is 0 Å². The molecular weight excluding hydrogens is 815 g/mol. The van der Waals surface area contributed by atoms with Gasteiger partial charge in [0.15, 0.2) is 15.6 Å². The van der Waals surface area contributed by atoms with Crippen molar-refractivity contribution in [2.45, 2.75) is 90.7 Å². The Balaban J connectivity index is 0.000000177. The first kappa shape index (κ1) is 40.8. The first-order chi connectivity index (χ1) is 27.4. The number of nitrogens with zero attached hydrogens (tertiary/aromatic N) is 8. The van der Waals surface area contributed by atoms with Crippen LogP contribution < -0.4 is 21.8 Å². The molecule has 0 saturated heterocycles. The number of carbonyl (C=O) groups is 2. The first-order valence-corrected chi connectivity index (χ1v) is 19.9. The standard InChI is InChI=1S/2C18H18F3N5O2S/c1-3-22-16(28)15-9(2)29-17-23-11(6-14(27)26(15)17)8-25-12(10-4-5-10)7-13(24-25)18(19,20)21;1-3-22-16(28)15-9(2)29-17-23-11(6-14(27)26(15)17)8-25-13(18(19,20)21)7-12(24-25)10-4-5-10/h2*6-7,10H,3-5,8H2,1-2H3,(H,22,28). The maximum absolute atomic E-state index is 13.4. The molecular formula is C36H36F6N10O4S2. The summed E-state index contributed by atoms with van der Waals surface area (Å²) in [5, 5.41) is 13.1. The van der Waals surface area contributed by atoms with Crippen molar-refractivity contribution < 1.29 is 35.9 Å². The highest BCUT2D eigenvalue weighted by Crippen LogP contribution is 2.43. The normalized spacial score (nSPS) is 14.5. The molecule has 6 aromatic rings. The summed E-state index contributed by atoms with van der Waals surface area (Å²) in [6.07, 6.45) is -5.79. The van der Waals surface area contributed by atoms with Crippen LogP contribution in [0.4, 0.5) is 26.3 Å². The lowest BCUT2D eigenvalue weighted by atomic mass is 10.2. The van der Waals surface area contributed by atoms with Crippen molar-refractivity contribution in [2.75, 3.05) is 13.1 Å². The van der Waals surface area contributed by atoms with E-state index in [1.54, 1.807) is 27.7 Å². The highest BCUT2D eigenvalue weighted by atomic mass is 32.1. The molecule has 2 aliphatic rings. The molecule has 2 amide bonds. The molecule has 8 rings (SSSR count). The Labute approximate surface area is 332 Å². The fraction of sp³-hybridized carbons (Fsp3) is 0.444. The summed E-state index contributed by atoms with van der Waals surface area (Å²) in [5.74, 6) is -0.644. The fourth-order valence-corrected chi connectivity index (χ4v) is 8.48. The van der Waals surface area contributed by atoms with Gasteiger partial charge in [-0.25, -0.2) is 18.8 Å². The number of halogens is 6. The van der Waals surface area contributed by atoms with Gasteiger partial charge in [0, 0.05) is 52.5 Å². The predicted molar refractivity (Wildman–Crippen MR) is 201 cm³/mol. The summed E-state index contributed by atoms with van der Waals surface area (Å²) in [4.78, 5) is 60.4. The molecule has 0 unspecified atom stereocenters. The summed E-state index contributed by atoms with van der Waals surface area (Å²) in [7, 11) is 0. The van der Waals surface area contributed by atoms with Crippen LogP contribution >= 0.6 is 22.7 Å². The Bertz CT molecular complexity index is 2680. The molecule has 2 N–H and O–H groups in total. The van der Waals surface area contributed by atoms with E-state index in [1.807, 2.05) is 0 Å². The molecule has 0 radical (unpaired) electrons. The number of thiazole rings is 2. The van der Waals surface area contributed by atoms with Gasteiger partial charge in [-0.2, -0.15) is 36.5 Å². The van der Waals surface area contributed by atoms with Gasteiger partial charge < -0.3 is 10.6 Å². The van der Waals surface area contributed by atoms with E-state index in [0.717, 1.165) is 59.9 Å². The minimum atomic E-state index is -4.55. The number of carbonyl (C=O) groups excluding carboxylic acids is 2. The zero-order chi connectivity index (χ0) is 41.8. The van der Waals surface area contributed by atoms with Gasteiger partial charge in [-0.15, -0.1) is 22.7 Å². The topological polar surface area (TPSA) is 163 Å². The van der Waals surface area contributed by atoms with Crippen molar-refractivity contribution in [3.8, 4) is 0 Å². The quantitative estimate of drug-likeness (QED) is 0.161. The maximum Gasteiger partial charge on any atom is 0.435 e. The molecule has 0 spiro atoms. The van der Waals surface area contributed by atoms with Crippen molar-refractivity contribution in [1.29, 1.82) is 0 Å². The third-order valence-electron chi connectivity index (χ3n) is 9.40. The number of alkyl halides is 6. The van der Waals surface area contributed by atoms with Crippen molar-refractivity contribution in [3.05, 3.63) is 100 Å². The lowest BCUT2D eigenvalue weighted by Gasteiger charge is -2.10. The SMILES string of the molecule is CCNC(=O)c1c(C)sc2nc(Cn3nc(C(F)(F)F)cc3C3CC3)cc(=O)n12.CCNC(=O)c1c(C)sc2nc(Cn3nc(C4CC4)cc3C(F)(F)F)cc(=O)n12. The van der Waals surface area contributed by atoms with Crippen LogP contribution in [0.25, 0.3) is 9.92 Å². The molecule has 6 heterocycles. The summed E-state index contributed by atoms with van der Waals surface area (Å²) in [5.41, 5.74) is -0.952. The number of fused-ring (bicyclic) bond motifs is 2. The molecule has 22 heteroatoms. The number of hydrogen-bond acceptors (Lipinski definition) is 10. The molecule has 14 nitrogen and oxygen atoms in total. The third-order valence-corrected chi connectivity index (χ3v) is 11.3. The maximum atomic E-state index is 13.4. The molecule has 2 aliphatic carbocycles. The fourth-order valence-electron chi connectivity index (χ4n) is 6.50. The molecule has 58 heavy (non-hydrogen) atoms. The average molecular weight is 851 g/mol. The minimum absolute atomic E-state index is 0.0406. The van der Waals surface area contributed by atoms with E-state index in [0.29, 0.717) is 44.9 Å². The molecule has 0 aromatic carbocycles. The number of hydrogen-bond donors (Lipinski definition) is 2. The third kappa shape index (κ3) is 8.29. The van der Waals surface area contributed by atoms with Crippen LogP contribution in [0, 0.1) is 13.8 Å². The summed E-state index contributed by atoms with van der Waals surface area (Å²) >= 11 is 2.33. The zero-order valence-corrected chi connectivity index (χ0v) is 33.0. The Morgan fingerprint density at radius 3 is 1.62 bits per heavy atom. The molecule has 308 valence electrons. The molecule has 0 bridgehead atoms. The van der Waals surface area contributed by atoms with Crippen molar-refractivity contribution in [3.63, 3.8) is 0 Å². The molecule has 0 aliphatic heterocycles. The molecule has 6 aromatic heterocycles. The van der Waals surface area contributed by atoms with Gasteiger partial charge in [-0.3, -0.25) is 28.5 Å². The van der Waals surface area contributed by atoms with E-state index < -0.39 is 40.8 Å². The van der Waals surface area contributed by atoms with Crippen LogP contribution in [0.1, 0.15) is 116 Å². The van der Waals surface area contributed by atoms with Gasteiger partial charge in [0.05, 0.1) is 30.2 Å². The lowest BCUT2D eigenvalue weighted by Crippen LogP contribution is -2.28. The van der Waals surface area contributed by atoms with Gasteiger partial charge in [0.25, 0.3) is 22.9 Å². The second-order valence-corrected chi connectivity index (χ2v) is 16.3. The molecule has 2 saturated carbocycles. The van der Waals surface area contributed by atoms with E-state index >= 15 is 0 Å². The summed E-state index contributed by atoms with van der Waals surface area (Å²) < 4.78 is 84.0. The zero-order valence-electron chi connectivity index (χ0n) is 31.4. The number of rotatable bonds is 10. The van der Waals surface area contributed by atoms with E-state index in [9.17, 15) is 45.5 Å². The lowest BCUT2D eigenvalue weighted by molar-refractivity contribution is -0.144. The van der Waals surface area contributed by atoms with Crippen molar-refractivity contribution in [2.24, 2.45) is 0 Å². The van der Waals surface area contributed by atoms with E-state index in [1.165, 1.54) is 30.9 Å².